The molecule has 0 radical (unpaired) electrons. The fourth-order valence-corrected chi connectivity index (χ4v) is 2.47. The monoisotopic (exact) mass is 444 g/mol. The molecule has 29 heavy (non-hydrogen) atoms. The topological polar surface area (TPSA) is 182 Å². The van der Waals surface area contributed by atoms with Crippen LogP contribution in [0.4, 0.5) is 0 Å². The van der Waals surface area contributed by atoms with E-state index in [1.165, 1.54) is 57.8 Å². The molecule has 0 bridgehead atoms. The molecule has 0 spiro atoms. The molecule has 6 N–H and O–H groups in total. The second-order valence-electron chi connectivity index (χ2n) is 6.80. The molecule has 0 amide bonds. The number of carbonyl (C=O) groups is 2. The molecule has 0 aliphatic rings. The summed E-state index contributed by atoms with van der Waals surface area (Å²) in [5.41, 5.74) is 0. The first-order valence-corrected chi connectivity index (χ1v) is 11.6. The fourth-order valence-electron chi connectivity index (χ4n) is 2.47. The highest BCUT2D eigenvalue weighted by molar-refractivity contribution is 7.45. The average molecular weight is 444 g/mol. The molecule has 2 unspecified atom stereocenters. The summed E-state index contributed by atoms with van der Waals surface area (Å²) in [6.07, 6.45) is 10.2. The molecule has 0 aliphatic carbocycles. The van der Waals surface area contributed by atoms with Crippen LogP contribution in [0.2, 0.25) is 0 Å². The lowest BCUT2D eigenvalue weighted by Gasteiger charge is -2.13. The van der Waals surface area contributed by atoms with Gasteiger partial charge in [0.2, 0.25) is 0 Å². The highest BCUT2D eigenvalue weighted by Gasteiger charge is 2.31. The maximum Gasteiger partial charge on any atom is 0.466 e. The van der Waals surface area contributed by atoms with Crippen molar-refractivity contribution in [1.29, 1.82) is 0 Å². The van der Waals surface area contributed by atoms with E-state index in [4.69, 9.17) is 34.2 Å². The summed E-state index contributed by atoms with van der Waals surface area (Å²) in [6.45, 7) is 2.36. The van der Waals surface area contributed by atoms with Gasteiger partial charge in [0.1, 0.15) is 0 Å². The zero-order valence-corrected chi connectivity index (χ0v) is 18.0. The molecule has 0 rings (SSSR count). The Labute approximate surface area is 172 Å². The van der Waals surface area contributed by atoms with Crippen LogP contribution in [0.5, 0.6) is 0 Å². The van der Waals surface area contributed by atoms with Crippen molar-refractivity contribution in [2.45, 2.75) is 96.2 Å². The number of aliphatic hydroxyl groups excluding tert-OH is 2. The lowest BCUT2D eigenvalue weighted by atomic mass is 10.1. The van der Waals surface area contributed by atoms with E-state index in [2.05, 4.69) is 6.92 Å². The van der Waals surface area contributed by atoms with E-state index in [0.29, 0.717) is 6.42 Å². The molecule has 11 heteroatoms. The number of carboxylic acid groups (broad SMARTS) is 1. The molecule has 0 saturated heterocycles. The first kappa shape index (κ1) is 30.2. The Bertz CT molecular complexity index is 457. The van der Waals surface area contributed by atoms with E-state index in [1.54, 1.807) is 0 Å². The number of rotatable bonds is 16. The number of hydrogen-bond acceptors (Lipinski definition) is 6. The van der Waals surface area contributed by atoms with Crippen molar-refractivity contribution in [3.8, 4) is 0 Å². The predicted octanol–water partition coefficient (Wildman–Crippen LogP) is 2.11. The molecule has 0 saturated carbocycles. The molecule has 0 aromatic carbocycles. The quantitative estimate of drug-likeness (QED) is 0.117. The van der Waals surface area contributed by atoms with Crippen LogP contribution in [0.1, 0.15) is 84.0 Å². The van der Waals surface area contributed by atoms with Crippen molar-refractivity contribution in [2.24, 2.45) is 0 Å². The van der Waals surface area contributed by atoms with Crippen molar-refractivity contribution in [3.63, 3.8) is 0 Å². The van der Waals surface area contributed by atoms with Gasteiger partial charge in [-0.15, -0.1) is 0 Å². The molecule has 0 aromatic rings. The number of aliphatic hydroxyl groups is 2. The Kier molecular flexibility index (Phi) is 19.7. The van der Waals surface area contributed by atoms with E-state index < -0.39 is 32.0 Å². The molecule has 0 aliphatic heterocycles. The number of carbonyl (C=O) groups excluding carboxylic acids is 1. The van der Waals surface area contributed by atoms with Gasteiger partial charge in [-0.05, 0) is 6.42 Å². The maximum absolute atomic E-state index is 11.3. The van der Waals surface area contributed by atoms with Crippen molar-refractivity contribution in [1.82, 2.24) is 0 Å². The van der Waals surface area contributed by atoms with Crippen LogP contribution in [0.25, 0.3) is 0 Å². The number of carboxylic acids is 1. The Balaban J connectivity index is 0. The third-order valence-electron chi connectivity index (χ3n) is 4.04. The molecule has 10 nitrogen and oxygen atoms in total. The number of aliphatic carboxylic acids is 1. The van der Waals surface area contributed by atoms with Gasteiger partial charge >= 0.3 is 19.8 Å². The predicted molar refractivity (Wildman–Crippen MR) is 106 cm³/mol. The van der Waals surface area contributed by atoms with E-state index >= 15 is 0 Å². The first-order chi connectivity index (χ1) is 13.5. The largest absolute Gasteiger partial charge is 0.479 e. The summed E-state index contributed by atoms with van der Waals surface area (Å²) in [7, 11) is -4.64. The Morgan fingerprint density at radius 2 is 1.10 bits per heavy atom. The summed E-state index contributed by atoms with van der Waals surface area (Å²) < 4.78 is 13.6. The number of phosphoric acid groups is 1. The number of esters is 1. The minimum Gasteiger partial charge on any atom is -0.479 e. The molecule has 0 fully saturated rings. The zero-order chi connectivity index (χ0) is 22.7. The highest BCUT2D eigenvalue weighted by atomic mass is 31.2. The molecule has 2 atom stereocenters. The van der Waals surface area contributed by atoms with E-state index in [9.17, 15) is 14.7 Å². The van der Waals surface area contributed by atoms with Gasteiger partial charge in [-0.1, -0.05) is 77.6 Å². The van der Waals surface area contributed by atoms with Gasteiger partial charge in [-0.3, -0.25) is 0 Å². The van der Waals surface area contributed by atoms with Crippen LogP contribution >= 0.6 is 7.82 Å². The van der Waals surface area contributed by atoms with Gasteiger partial charge in [-0.2, -0.15) is 0 Å². The Morgan fingerprint density at radius 3 is 1.45 bits per heavy atom. The number of ether oxygens (including phenoxy) is 1. The zero-order valence-electron chi connectivity index (χ0n) is 17.1. The minimum absolute atomic E-state index is 0.139. The standard InChI is InChI=1S/C18H34O6.H3O4P/c1-2-3-4-5-6-7-8-9-10-11-12-13-14-24-18(23)16(20)15(19)17(21)22;1-5(2,3)4/h15-16,19-20H,2-14H2,1H3,(H,21,22);(H3,1,2,3,4). The van der Waals surface area contributed by atoms with Crippen molar-refractivity contribution >= 4 is 19.8 Å². The summed E-state index contributed by atoms with van der Waals surface area (Å²) in [5, 5.41) is 26.7. The number of unbranched alkanes of at least 4 members (excludes halogenated alkanes) is 11. The summed E-state index contributed by atoms with van der Waals surface area (Å²) >= 11 is 0. The van der Waals surface area contributed by atoms with Gasteiger partial charge in [0, 0.05) is 0 Å². The first-order valence-electron chi connectivity index (χ1n) is 10.0. The van der Waals surface area contributed by atoms with Gasteiger partial charge in [0.05, 0.1) is 6.61 Å². The lowest BCUT2D eigenvalue weighted by Crippen LogP contribution is -2.40. The second kappa shape index (κ2) is 19.0. The van der Waals surface area contributed by atoms with Crippen LogP contribution in [0, 0.1) is 0 Å². The van der Waals surface area contributed by atoms with Crippen LogP contribution in [-0.2, 0) is 18.9 Å². The Morgan fingerprint density at radius 1 is 0.759 bits per heavy atom. The summed E-state index contributed by atoms with van der Waals surface area (Å²) in [5.74, 6) is -2.74. The minimum atomic E-state index is -4.64. The van der Waals surface area contributed by atoms with Crippen molar-refractivity contribution in [2.75, 3.05) is 6.61 Å². The van der Waals surface area contributed by atoms with E-state index in [0.717, 1.165) is 12.8 Å². The maximum atomic E-state index is 11.3. The molecule has 0 aromatic heterocycles. The summed E-state index contributed by atoms with van der Waals surface area (Å²) in [4.78, 5) is 43.3. The van der Waals surface area contributed by atoms with Gasteiger partial charge < -0.3 is 34.7 Å². The van der Waals surface area contributed by atoms with Crippen LogP contribution in [0.15, 0.2) is 0 Å². The normalized spacial score (nSPS) is 13.2. The fraction of sp³-hybridized carbons (Fsp3) is 0.889. The lowest BCUT2D eigenvalue weighted by molar-refractivity contribution is -0.169. The summed E-state index contributed by atoms with van der Waals surface area (Å²) in [6, 6.07) is 0. The van der Waals surface area contributed by atoms with Crippen LogP contribution in [0.3, 0.4) is 0 Å². The second-order valence-corrected chi connectivity index (χ2v) is 7.82. The van der Waals surface area contributed by atoms with Gasteiger partial charge in [0.15, 0.2) is 12.2 Å². The van der Waals surface area contributed by atoms with Gasteiger partial charge in [0.25, 0.3) is 0 Å². The van der Waals surface area contributed by atoms with E-state index in [-0.39, 0.29) is 6.61 Å². The smallest absolute Gasteiger partial charge is 0.466 e. The van der Waals surface area contributed by atoms with Crippen LogP contribution in [-0.4, -0.2) is 60.8 Å². The van der Waals surface area contributed by atoms with Crippen molar-refractivity contribution < 1.29 is 48.9 Å². The number of hydrogen-bond donors (Lipinski definition) is 6. The third kappa shape index (κ3) is 24.9. The third-order valence-corrected chi connectivity index (χ3v) is 4.04. The molecule has 174 valence electrons. The average Bonchev–Trinajstić information content (AvgIpc) is 2.62. The van der Waals surface area contributed by atoms with Crippen molar-refractivity contribution in [3.05, 3.63) is 0 Å². The molecular weight excluding hydrogens is 407 g/mol. The van der Waals surface area contributed by atoms with Gasteiger partial charge in [-0.25, -0.2) is 14.2 Å². The SMILES string of the molecule is CCCCCCCCCCCCCCOC(=O)C(O)C(O)C(=O)O.O=P(O)(O)O. The molecule has 0 heterocycles. The highest BCUT2D eigenvalue weighted by Crippen LogP contribution is 2.25. The van der Waals surface area contributed by atoms with E-state index in [1.807, 2.05) is 0 Å². The van der Waals surface area contributed by atoms with Crippen LogP contribution < -0.4 is 0 Å². The Hall–Kier alpha value is -1.03. The molecular formula is C18H37O10P.